The molecule has 158 valence electrons. The standard InChI is InChI=1S/C20H37N3O3.HI/c1-4-21-19(22-15(3)13-26-16-8-11-24-14-16)23-17-12-18(25-5-2)20(17)9-6-7-10-20;/h15-18H,4-14H2,1-3H3,(H2,21,22,23);1H. The normalized spacial score (nSPS) is 30.6. The first kappa shape index (κ1) is 23.2. The van der Waals surface area contributed by atoms with Crippen LogP contribution in [0.15, 0.2) is 4.99 Å². The van der Waals surface area contributed by atoms with Crippen molar-refractivity contribution in [1.82, 2.24) is 10.6 Å². The maximum Gasteiger partial charge on any atom is 0.191 e. The van der Waals surface area contributed by atoms with E-state index in [-0.39, 0.29) is 36.1 Å². The molecule has 0 bridgehead atoms. The molecule has 2 aliphatic carbocycles. The van der Waals surface area contributed by atoms with Crippen LogP contribution in [-0.4, -0.2) is 63.2 Å². The van der Waals surface area contributed by atoms with Crippen molar-refractivity contribution >= 4 is 29.9 Å². The van der Waals surface area contributed by atoms with Crippen LogP contribution in [0.4, 0.5) is 0 Å². The van der Waals surface area contributed by atoms with Gasteiger partial charge in [0.15, 0.2) is 5.96 Å². The third-order valence-corrected chi connectivity index (χ3v) is 6.17. The summed E-state index contributed by atoms with van der Waals surface area (Å²) in [6.07, 6.45) is 7.95. The van der Waals surface area contributed by atoms with E-state index in [1.165, 1.54) is 25.7 Å². The number of rotatable bonds is 8. The highest BCUT2D eigenvalue weighted by Gasteiger charge is 2.57. The van der Waals surface area contributed by atoms with E-state index in [4.69, 9.17) is 14.2 Å². The molecular formula is C20H38IN3O3. The monoisotopic (exact) mass is 495 g/mol. The fourth-order valence-electron chi connectivity index (χ4n) is 4.74. The predicted octanol–water partition coefficient (Wildman–Crippen LogP) is 3.09. The van der Waals surface area contributed by atoms with Crippen LogP contribution in [0, 0.1) is 5.41 Å². The number of nitrogens with one attached hydrogen (secondary N) is 2. The van der Waals surface area contributed by atoms with Crippen LogP contribution in [0.2, 0.25) is 0 Å². The van der Waals surface area contributed by atoms with Gasteiger partial charge in [0.1, 0.15) is 0 Å². The largest absolute Gasteiger partial charge is 0.379 e. The Morgan fingerprint density at radius 3 is 2.67 bits per heavy atom. The third-order valence-electron chi connectivity index (χ3n) is 6.17. The minimum atomic E-state index is 0. The van der Waals surface area contributed by atoms with Gasteiger partial charge in [-0.15, -0.1) is 24.0 Å². The summed E-state index contributed by atoms with van der Waals surface area (Å²) in [4.78, 5) is 4.66. The van der Waals surface area contributed by atoms with E-state index < -0.39 is 0 Å². The molecule has 1 aliphatic heterocycles. The first-order chi connectivity index (χ1) is 12.7. The molecule has 4 unspecified atom stereocenters. The Morgan fingerprint density at radius 1 is 1.26 bits per heavy atom. The van der Waals surface area contributed by atoms with Crippen LogP contribution < -0.4 is 10.6 Å². The van der Waals surface area contributed by atoms with Crippen LogP contribution in [0.1, 0.15) is 59.3 Å². The summed E-state index contributed by atoms with van der Waals surface area (Å²) < 4.78 is 17.3. The molecule has 1 spiro atoms. The van der Waals surface area contributed by atoms with E-state index in [0.29, 0.717) is 24.2 Å². The van der Waals surface area contributed by atoms with Gasteiger partial charge < -0.3 is 24.8 Å². The van der Waals surface area contributed by atoms with Crippen LogP contribution in [0.5, 0.6) is 0 Å². The van der Waals surface area contributed by atoms with Gasteiger partial charge in [-0.3, -0.25) is 4.99 Å². The minimum absolute atomic E-state index is 0. The SMILES string of the molecule is CCN=C(NC(C)COC1CCOC1)NC1CC(OCC)C12CCCC2.I. The van der Waals surface area contributed by atoms with E-state index in [0.717, 1.165) is 45.2 Å². The van der Waals surface area contributed by atoms with Crippen LogP contribution in [-0.2, 0) is 14.2 Å². The summed E-state index contributed by atoms with van der Waals surface area (Å²) in [6, 6.07) is 0.686. The van der Waals surface area contributed by atoms with Crippen molar-refractivity contribution in [3.8, 4) is 0 Å². The highest BCUT2D eigenvalue weighted by Crippen LogP contribution is 2.54. The molecule has 0 amide bonds. The Bertz CT molecular complexity index is 465. The number of aliphatic imine (C=N–C) groups is 1. The molecule has 0 aromatic carbocycles. The summed E-state index contributed by atoms with van der Waals surface area (Å²) in [5, 5.41) is 7.24. The molecule has 3 fully saturated rings. The van der Waals surface area contributed by atoms with Gasteiger partial charge in [-0.2, -0.15) is 0 Å². The molecule has 1 saturated heterocycles. The van der Waals surface area contributed by atoms with Gasteiger partial charge >= 0.3 is 0 Å². The fourth-order valence-corrected chi connectivity index (χ4v) is 4.74. The zero-order valence-corrected chi connectivity index (χ0v) is 19.5. The van der Waals surface area contributed by atoms with E-state index in [9.17, 15) is 0 Å². The van der Waals surface area contributed by atoms with E-state index in [1.54, 1.807) is 0 Å². The second kappa shape index (κ2) is 11.2. The Kier molecular flexibility index (Phi) is 9.58. The summed E-state index contributed by atoms with van der Waals surface area (Å²) in [6.45, 7) is 10.1. The molecule has 0 aromatic heterocycles. The Morgan fingerprint density at radius 2 is 2.04 bits per heavy atom. The average Bonchev–Trinajstić information content (AvgIpc) is 3.32. The Labute approximate surface area is 181 Å². The average molecular weight is 495 g/mol. The molecule has 2 saturated carbocycles. The fraction of sp³-hybridized carbons (Fsp3) is 0.950. The molecule has 3 rings (SSSR count). The molecule has 6 nitrogen and oxygen atoms in total. The minimum Gasteiger partial charge on any atom is -0.379 e. The zero-order valence-electron chi connectivity index (χ0n) is 17.2. The maximum atomic E-state index is 6.03. The topological polar surface area (TPSA) is 64.1 Å². The smallest absolute Gasteiger partial charge is 0.191 e. The first-order valence-corrected chi connectivity index (χ1v) is 10.6. The molecule has 0 aromatic rings. The lowest BCUT2D eigenvalue weighted by Crippen LogP contribution is -2.65. The lowest BCUT2D eigenvalue weighted by molar-refractivity contribution is -0.125. The molecule has 27 heavy (non-hydrogen) atoms. The third kappa shape index (κ3) is 5.70. The van der Waals surface area contributed by atoms with Gasteiger partial charge in [0, 0.05) is 37.3 Å². The second-order valence-electron chi connectivity index (χ2n) is 8.00. The summed E-state index contributed by atoms with van der Waals surface area (Å²) in [7, 11) is 0. The quantitative estimate of drug-likeness (QED) is 0.308. The van der Waals surface area contributed by atoms with Gasteiger partial charge in [0.2, 0.25) is 0 Å². The lowest BCUT2D eigenvalue weighted by Gasteiger charge is -2.54. The summed E-state index contributed by atoms with van der Waals surface area (Å²) >= 11 is 0. The van der Waals surface area contributed by atoms with E-state index in [2.05, 4.69) is 36.4 Å². The van der Waals surface area contributed by atoms with Gasteiger partial charge in [-0.05, 0) is 46.5 Å². The Hall–Kier alpha value is -0.120. The highest BCUT2D eigenvalue weighted by molar-refractivity contribution is 14.0. The molecule has 0 radical (unpaired) electrons. The summed E-state index contributed by atoms with van der Waals surface area (Å²) in [5.41, 5.74) is 0.313. The van der Waals surface area contributed by atoms with Crippen molar-refractivity contribution in [2.45, 2.75) is 83.6 Å². The van der Waals surface area contributed by atoms with Gasteiger partial charge in [-0.1, -0.05) is 12.8 Å². The van der Waals surface area contributed by atoms with Gasteiger partial charge in [0.05, 0.1) is 25.4 Å². The van der Waals surface area contributed by atoms with E-state index in [1.807, 2.05) is 0 Å². The zero-order chi connectivity index (χ0) is 18.4. The molecule has 4 atom stereocenters. The molecular weight excluding hydrogens is 457 g/mol. The number of nitrogens with zero attached hydrogens (tertiary/aromatic N) is 1. The number of hydrogen-bond acceptors (Lipinski definition) is 4. The number of ether oxygens (including phenoxy) is 3. The summed E-state index contributed by atoms with van der Waals surface area (Å²) in [5.74, 6) is 0.914. The number of guanidine groups is 1. The van der Waals surface area contributed by atoms with Crippen molar-refractivity contribution in [1.29, 1.82) is 0 Å². The Balaban J connectivity index is 0.00000261. The number of halogens is 1. The van der Waals surface area contributed by atoms with Crippen molar-refractivity contribution < 1.29 is 14.2 Å². The van der Waals surface area contributed by atoms with Crippen molar-refractivity contribution in [3.05, 3.63) is 0 Å². The van der Waals surface area contributed by atoms with Crippen LogP contribution in [0.3, 0.4) is 0 Å². The molecule has 2 N–H and O–H groups in total. The van der Waals surface area contributed by atoms with Crippen molar-refractivity contribution in [2.24, 2.45) is 10.4 Å². The second-order valence-corrected chi connectivity index (χ2v) is 8.00. The van der Waals surface area contributed by atoms with Crippen molar-refractivity contribution in [3.63, 3.8) is 0 Å². The van der Waals surface area contributed by atoms with Gasteiger partial charge in [0.25, 0.3) is 0 Å². The predicted molar refractivity (Wildman–Crippen MR) is 119 cm³/mol. The number of hydrogen-bond donors (Lipinski definition) is 2. The van der Waals surface area contributed by atoms with E-state index >= 15 is 0 Å². The maximum absolute atomic E-state index is 6.03. The van der Waals surface area contributed by atoms with Crippen LogP contribution >= 0.6 is 24.0 Å². The van der Waals surface area contributed by atoms with Crippen molar-refractivity contribution in [2.75, 3.05) is 33.0 Å². The van der Waals surface area contributed by atoms with Gasteiger partial charge in [-0.25, -0.2) is 0 Å². The molecule has 7 heteroatoms. The lowest BCUT2D eigenvalue weighted by atomic mass is 9.60. The van der Waals surface area contributed by atoms with Crippen LogP contribution in [0.25, 0.3) is 0 Å². The highest BCUT2D eigenvalue weighted by atomic mass is 127. The molecule has 1 heterocycles. The first-order valence-electron chi connectivity index (χ1n) is 10.6. The molecule has 3 aliphatic rings.